The van der Waals surface area contributed by atoms with E-state index in [9.17, 15) is 9.59 Å². The lowest BCUT2D eigenvalue weighted by atomic mass is 9.97. The highest BCUT2D eigenvalue weighted by atomic mass is 16.5. The fourth-order valence-electron chi connectivity index (χ4n) is 2.65. The third-order valence-electron chi connectivity index (χ3n) is 3.89. The molecular weight excluding hydrogens is 280 g/mol. The molecule has 0 spiro atoms. The maximum atomic E-state index is 12.0. The zero-order chi connectivity index (χ0) is 15.5. The Kier molecular flexibility index (Phi) is 3.96. The molecule has 3 rings (SSSR count). The molecule has 1 atom stereocenters. The molecule has 0 unspecified atom stereocenters. The van der Waals surface area contributed by atoms with Crippen molar-refractivity contribution in [2.45, 2.75) is 6.42 Å². The Bertz CT molecular complexity index is 705. The van der Waals surface area contributed by atoms with E-state index in [0.29, 0.717) is 18.8 Å². The summed E-state index contributed by atoms with van der Waals surface area (Å²) >= 11 is 0. The van der Waals surface area contributed by atoms with Gasteiger partial charge in [-0.1, -0.05) is 18.2 Å². The number of fused-ring (bicyclic) bond motifs is 1. The highest BCUT2D eigenvalue weighted by molar-refractivity contribution is 6.42. The quantitative estimate of drug-likeness (QED) is 0.688. The van der Waals surface area contributed by atoms with Crippen LogP contribution in [0.2, 0.25) is 0 Å². The SMILES string of the molecule is Cn1cccc1C(=O)C(=O)NC[C@H]1COc2ccccc2C1. The molecule has 2 heterocycles. The molecule has 1 aliphatic heterocycles. The molecule has 5 nitrogen and oxygen atoms in total. The van der Waals surface area contributed by atoms with Gasteiger partial charge < -0.3 is 14.6 Å². The third-order valence-corrected chi connectivity index (χ3v) is 3.89. The van der Waals surface area contributed by atoms with Crippen LogP contribution in [0.4, 0.5) is 0 Å². The zero-order valence-corrected chi connectivity index (χ0v) is 12.4. The minimum atomic E-state index is -0.569. The van der Waals surface area contributed by atoms with Gasteiger partial charge in [0.15, 0.2) is 0 Å². The summed E-state index contributed by atoms with van der Waals surface area (Å²) in [6, 6.07) is 11.3. The topological polar surface area (TPSA) is 60.3 Å². The van der Waals surface area contributed by atoms with Crippen molar-refractivity contribution in [2.24, 2.45) is 13.0 Å². The van der Waals surface area contributed by atoms with Gasteiger partial charge in [-0.3, -0.25) is 9.59 Å². The Morgan fingerprint density at radius 1 is 1.27 bits per heavy atom. The van der Waals surface area contributed by atoms with E-state index in [1.807, 2.05) is 24.3 Å². The Hall–Kier alpha value is -2.56. The van der Waals surface area contributed by atoms with E-state index in [1.165, 1.54) is 0 Å². The van der Waals surface area contributed by atoms with Gasteiger partial charge in [-0.05, 0) is 30.2 Å². The molecular formula is C17H18N2O3. The smallest absolute Gasteiger partial charge is 0.294 e. The zero-order valence-electron chi connectivity index (χ0n) is 12.4. The molecule has 22 heavy (non-hydrogen) atoms. The fourth-order valence-corrected chi connectivity index (χ4v) is 2.65. The minimum Gasteiger partial charge on any atom is -0.493 e. The number of aryl methyl sites for hydroxylation is 1. The molecule has 114 valence electrons. The minimum absolute atomic E-state index is 0.181. The number of para-hydroxylation sites is 1. The summed E-state index contributed by atoms with van der Waals surface area (Å²) in [7, 11) is 1.74. The number of Topliss-reactive ketones (excluding diaryl/α,β-unsaturated/α-hetero) is 1. The van der Waals surface area contributed by atoms with E-state index in [4.69, 9.17) is 4.74 Å². The number of carbonyl (C=O) groups excluding carboxylic acids is 2. The predicted octanol–water partition coefficient (Wildman–Crippen LogP) is 1.58. The summed E-state index contributed by atoms with van der Waals surface area (Å²) < 4.78 is 7.32. The van der Waals surface area contributed by atoms with Crippen LogP contribution in [-0.2, 0) is 18.3 Å². The van der Waals surface area contributed by atoms with Gasteiger partial charge in [0, 0.05) is 25.7 Å². The number of benzene rings is 1. The molecule has 1 aromatic carbocycles. The summed E-state index contributed by atoms with van der Waals surface area (Å²) in [5, 5.41) is 2.72. The number of amides is 1. The molecule has 5 heteroatoms. The predicted molar refractivity (Wildman–Crippen MR) is 81.9 cm³/mol. The molecule has 1 amide bonds. The normalized spacial score (nSPS) is 16.5. The molecule has 1 N–H and O–H groups in total. The van der Waals surface area contributed by atoms with E-state index < -0.39 is 11.7 Å². The lowest BCUT2D eigenvalue weighted by Gasteiger charge is -2.25. The van der Waals surface area contributed by atoms with Crippen LogP contribution in [0.3, 0.4) is 0 Å². The number of nitrogens with zero attached hydrogens (tertiary/aromatic N) is 1. The van der Waals surface area contributed by atoms with Crippen molar-refractivity contribution in [1.29, 1.82) is 0 Å². The summed E-state index contributed by atoms with van der Waals surface area (Å²) in [6.45, 7) is 0.985. The maximum absolute atomic E-state index is 12.0. The molecule has 0 radical (unpaired) electrons. The van der Waals surface area contributed by atoms with Crippen LogP contribution in [0.5, 0.6) is 5.75 Å². The van der Waals surface area contributed by atoms with Crippen molar-refractivity contribution in [2.75, 3.05) is 13.2 Å². The number of rotatable bonds is 4. The van der Waals surface area contributed by atoms with Crippen LogP contribution in [0.1, 0.15) is 16.1 Å². The van der Waals surface area contributed by atoms with E-state index in [1.54, 1.807) is 29.9 Å². The number of ether oxygens (including phenoxy) is 1. The average Bonchev–Trinajstić information content (AvgIpc) is 2.97. The van der Waals surface area contributed by atoms with Crippen LogP contribution in [0.15, 0.2) is 42.6 Å². The average molecular weight is 298 g/mol. The van der Waals surface area contributed by atoms with Gasteiger partial charge in [0.2, 0.25) is 0 Å². The Morgan fingerprint density at radius 2 is 2.09 bits per heavy atom. The number of carbonyl (C=O) groups is 2. The van der Waals surface area contributed by atoms with Gasteiger partial charge >= 0.3 is 0 Å². The van der Waals surface area contributed by atoms with E-state index >= 15 is 0 Å². The van der Waals surface area contributed by atoms with Crippen molar-refractivity contribution in [3.8, 4) is 5.75 Å². The van der Waals surface area contributed by atoms with Crippen molar-refractivity contribution in [3.05, 3.63) is 53.9 Å². The number of nitrogens with one attached hydrogen (secondary N) is 1. The molecule has 0 saturated heterocycles. The van der Waals surface area contributed by atoms with Crippen molar-refractivity contribution >= 4 is 11.7 Å². The van der Waals surface area contributed by atoms with Gasteiger partial charge in [0.25, 0.3) is 11.7 Å². The van der Waals surface area contributed by atoms with Crippen molar-refractivity contribution < 1.29 is 14.3 Å². The Labute approximate surface area is 128 Å². The van der Waals surface area contributed by atoms with Crippen molar-refractivity contribution in [3.63, 3.8) is 0 Å². The van der Waals surface area contributed by atoms with Gasteiger partial charge in [-0.25, -0.2) is 0 Å². The van der Waals surface area contributed by atoms with Gasteiger partial charge in [-0.15, -0.1) is 0 Å². The van der Waals surface area contributed by atoms with E-state index in [-0.39, 0.29) is 5.92 Å². The van der Waals surface area contributed by atoms with Crippen LogP contribution < -0.4 is 10.1 Å². The first-order chi connectivity index (χ1) is 10.6. The Balaban J connectivity index is 1.56. The van der Waals surface area contributed by atoms with E-state index in [2.05, 4.69) is 5.32 Å². The van der Waals surface area contributed by atoms with E-state index in [0.717, 1.165) is 17.7 Å². The number of ketones is 1. The lowest BCUT2D eigenvalue weighted by Crippen LogP contribution is -2.38. The third kappa shape index (κ3) is 2.88. The van der Waals surface area contributed by atoms with Gasteiger partial charge in [0.1, 0.15) is 5.75 Å². The second kappa shape index (κ2) is 6.05. The standard InChI is InChI=1S/C17H18N2O3/c1-19-8-4-6-14(19)16(20)17(21)18-10-12-9-13-5-2-3-7-15(13)22-11-12/h2-8,12H,9-11H2,1H3,(H,18,21)/t12-/m0/s1. The molecule has 1 aromatic heterocycles. The summed E-state index contributed by atoms with van der Waals surface area (Å²) in [4.78, 5) is 24.0. The fraction of sp³-hybridized carbons (Fsp3) is 0.294. The van der Waals surface area contributed by atoms with Crippen molar-refractivity contribution in [1.82, 2.24) is 9.88 Å². The molecule has 0 fully saturated rings. The second-order valence-electron chi connectivity index (χ2n) is 5.53. The first-order valence-corrected chi connectivity index (χ1v) is 7.29. The largest absolute Gasteiger partial charge is 0.493 e. The monoisotopic (exact) mass is 298 g/mol. The highest BCUT2D eigenvalue weighted by Crippen LogP contribution is 2.26. The van der Waals surface area contributed by atoms with Crippen LogP contribution in [0.25, 0.3) is 0 Å². The molecule has 1 aliphatic rings. The van der Waals surface area contributed by atoms with Crippen LogP contribution in [0, 0.1) is 5.92 Å². The van der Waals surface area contributed by atoms with Gasteiger partial charge in [-0.2, -0.15) is 0 Å². The molecule has 0 bridgehead atoms. The summed E-state index contributed by atoms with van der Waals surface area (Å²) in [5.74, 6) is 0.00955. The van der Waals surface area contributed by atoms with Crippen LogP contribution >= 0.6 is 0 Å². The first kappa shape index (κ1) is 14.4. The molecule has 0 aliphatic carbocycles. The lowest BCUT2D eigenvalue weighted by molar-refractivity contribution is -0.117. The first-order valence-electron chi connectivity index (χ1n) is 7.29. The maximum Gasteiger partial charge on any atom is 0.294 e. The second-order valence-corrected chi connectivity index (χ2v) is 5.53. The molecule has 0 saturated carbocycles. The Morgan fingerprint density at radius 3 is 2.86 bits per heavy atom. The number of hydrogen-bond acceptors (Lipinski definition) is 3. The number of hydrogen-bond donors (Lipinski definition) is 1. The number of aromatic nitrogens is 1. The highest BCUT2D eigenvalue weighted by Gasteiger charge is 2.23. The van der Waals surface area contributed by atoms with Crippen LogP contribution in [-0.4, -0.2) is 29.4 Å². The summed E-state index contributed by atoms with van der Waals surface area (Å²) in [6.07, 6.45) is 2.58. The summed E-state index contributed by atoms with van der Waals surface area (Å²) in [5.41, 5.74) is 1.53. The van der Waals surface area contributed by atoms with Gasteiger partial charge in [0.05, 0.1) is 12.3 Å². The molecule has 2 aromatic rings.